The molecule has 0 saturated heterocycles. The van der Waals surface area contributed by atoms with Crippen molar-refractivity contribution >= 4 is 27.3 Å². The van der Waals surface area contributed by atoms with E-state index in [1.54, 1.807) is 0 Å². The van der Waals surface area contributed by atoms with Crippen LogP contribution >= 0.6 is 27.3 Å². The van der Waals surface area contributed by atoms with Crippen molar-refractivity contribution in [2.24, 2.45) is 0 Å². The van der Waals surface area contributed by atoms with Gasteiger partial charge in [-0.2, -0.15) is 0 Å². The first-order valence-electron chi connectivity index (χ1n) is 7.47. The number of nitrogens with zero attached hydrogens (tertiary/aromatic N) is 1. The molecule has 1 aliphatic carbocycles. The van der Waals surface area contributed by atoms with E-state index in [2.05, 4.69) is 47.1 Å². The van der Waals surface area contributed by atoms with Crippen LogP contribution in [0.3, 0.4) is 0 Å². The SMILES string of the molecule is Cc1sc(C2CCCCCC2)nc1-c1cccc(Br)c1. The summed E-state index contributed by atoms with van der Waals surface area (Å²) < 4.78 is 1.12. The Morgan fingerprint density at radius 2 is 1.90 bits per heavy atom. The molecule has 20 heavy (non-hydrogen) atoms. The number of halogens is 1. The quantitative estimate of drug-likeness (QED) is 0.578. The van der Waals surface area contributed by atoms with E-state index >= 15 is 0 Å². The first-order chi connectivity index (χ1) is 9.74. The van der Waals surface area contributed by atoms with E-state index in [9.17, 15) is 0 Å². The fraction of sp³-hybridized carbons (Fsp3) is 0.471. The van der Waals surface area contributed by atoms with Crippen LogP contribution in [0.15, 0.2) is 28.7 Å². The molecule has 0 aliphatic heterocycles. The van der Waals surface area contributed by atoms with Gasteiger partial charge in [0.15, 0.2) is 0 Å². The third kappa shape index (κ3) is 3.15. The van der Waals surface area contributed by atoms with Gasteiger partial charge >= 0.3 is 0 Å². The van der Waals surface area contributed by atoms with Crippen molar-refractivity contribution in [3.8, 4) is 11.3 Å². The Balaban J connectivity index is 1.90. The molecule has 0 spiro atoms. The van der Waals surface area contributed by atoms with Gasteiger partial charge in [0.25, 0.3) is 0 Å². The lowest BCUT2D eigenvalue weighted by Crippen LogP contribution is -1.96. The van der Waals surface area contributed by atoms with Crippen molar-refractivity contribution in [1.82, 2.24) is 4.98 Å². The minimum absolute atomic E-state index is 0.696. The zero-order chi connectivity index (χ0) is 13.9. The van der Waals surface area contributed by atoms with Crippen molar-refractivity contribution in [3.63, 3.8) is 0 Å². The standard InChI is InChI=1S/C17H20BrNS/c1-12-16(14-9-6-10-15(18)11-14)19-17(20-12)13-7-4-2-3-5-8-13/h6,9-11,13H,2-5,7-8H2,1H3. The second kappa shape index (κ2) is 6.40. The van der Waals surface area contributed by atoms with Gasteiger partial charge in [-0.1, -0.05) is 53.7 Å². The Morgan fingerprint density at radius 1 is 1.15 bits per heavy atom. The van der Waals surface area contributed by atoms with Crippen molar-refractivity contribution in [2.45, 2.75) is 51.4 Å². The molecule has 0 N–H and O–H groups in total. The molecule has 3 heteroatoms. The number of aromatic nitrogens is 1. The highest BCUT2D eigenvalue weighted by atomic mass is 79.9. The van der Waals surface area contributed by atoms with Crippen LogP contribution in [0.4, 0.5) is 0 Å². The average Bonchev–Trinajstić information content (AvgIpc) is 2.65. The maximum Gasteiger partial charge on any atom is 0.0966 e. The zero-order valence-corrected chi connectivity index (χ0v) is 14.3. The van der Waals surface area contributed by atoms with Crippen LogP contribution < -0.4 is 0 Å². The van der Waals surface area contributed by atoms with Gasteiger partial charge in [-0.15, -0.1) is 11.3 Å². The van der Waals surface area contributed by atoms with E-state index in [0.717, 1.165) is 4.47 Å². The second-order valence-electron chi connectivity index (χ2n) is 5.66. The summed E-state index contributed by atoms with van der Waals surface area (Å²) in [5.74, 6) is 0.696. The highest BCUT2D eigenvalue weighted by Gasteiger charge is 2.19. The van der Waals surface area contributed by atoms with Crippen LogP contribution in [-0.4, -0.2) is 4.98 Å². The zero-order valence-electron chi connectivity index (χ0n) is 11.9. The fourth-order valence-corrected chi connectivity index (χ4v) is 4.53. The summed E-state index contributed by atoms with van der Waals surface area (Å²) >= 11 is 5.46. The van der Waals surface area contributed by atoms with Crippen molar-refractivity contribution in [3.05, 3.63) is 38.6 Å². The van der Waals surface area contributed by atoms with Gasteiger partial charge in [-0.05, 0) is 31.9 Å². The number of thiazole rings is 1. The van der Waals surface area contributed by atoms with Gasteiger partial charge in [0, 0.05) is 20.8 Å². The average molecular weight is 350 g/mol. The van der Waals surface area contributed by atoms with Crippen LogP contribution in [-0.2, 0) is 0 Å². The van der Waals surface area contributed by atoms with Crippen LogP contribution in [0, 0.1) is 6.92 Å². The molecule has 1 nitrogen and oxygen atoms in total. The Bertz CT molecular complexity index is 582. The highest BCUT2D eigenvalue weighted by molar-refractivity contribution is 9.10. The van der Waals surface area contributed by atoms with E-state index < -0.39 is 0 Å². The number of aryl methyl sites for hydroxylation is 1. The third-order valence-electron chi connectivity index (χ3n) is 4.12. The molecule has 0 radical (unpaired) electrons. The molecule has 0 unspecified atom stereocenters. The summed E-state index contributed by atoms with van der Waals surface area (Å²) in [5, 5.41) is 1.36. The number of rotatable bonds is 2. The van der Waals surface area contributed by atoms with Crippen molar-refractivity contribution in [2.75, 3.05) is 0 Å². The molecule has 1 fully saturated rings. The Morgan fingerprint density at radius 3 is 2.60 bits per heavy atom. The molecule has 106 valence electrons. The first kappa shape index (κ1) is 14.3. The molecular formula is C17H20BrNS. The van der Waals surface area contributed by atoms with Crippen LogP contribution in [0.1, 0.15) is 54.3 Å². The minimum Gasteiger partial charge on any atom is -0.241 e. The van der Waals surface area contributed by atoms with E-state index in [4.69, 9.17) is 4.98 Å². The van der Waals surface area contributed by atoms with Gasteiger partial charge in [-0.25, -0.2) is 4.98 Å². The Hall–Kier alpha value is -0.670. The topological polar surface area (TPSA) is 12.9 Å². The maximum atomic E-state index is 4.98. The monoisotopic (exact) mass is 349 g/mol. The molecule has 3 rings (SSSR count). The predicted molar refractivity (Wildman–Crippen MR) is 90.4 cm³/mol. The summed E-state index contributed by atoms with van der Waals surface area (Å²) in [5.41, 5.74) is 2.41. The molecule has 1 aliphatic rings. The largest absolute Gasteiger partial charge is 0.241 e. The lowest BCUT2D eigenvalue weighted by molar-refractivity contribution is 0.589. The fourth-order valence-electron chi connectivity index (χ4n) is 3.02. The first-order valence-corrected chi connectivity index (χ1v) is 9.08. The molecule has 0 atom stereocenters. The molecular weight excluding hydrogens is 330 g/mol. The third-order valence-corrected chi connectivity index (χ3v) is 5.74. The second-order valence-corrected chi connectivity index (χ2v) is 7.81. The molecule has 1 heterocycles. The predicted octanol–water partition coefficient (Wildman–Crippen LogP) is 6.32. The highest BCUT2D eigenvalue weighted by Crippen LogP contribution is 2.37. The van der Waals surface area contributed by atoms with Crippen molar-refractivity contribution in [1.29, 1.82) is 0 Å². The molecule has 0 amide bonds. The normalized spacial score (nSPS) is 17.1. The Kier molecular flexibility index (Phi) is 4.57. The van der Waals surface area contributed by atoms with E-state index in [0.29, 0.717) is 5.92 Å². The summed E-state index contributed by atoms with van der Waals surface area (Å²) in [6.45, 7) is 2.20. The van der Waals surface area contributed by atoms with E-state index in [1.807, 2.05) is 11.3 Å². The Labute approximate surface area is 133 Å². The van der Waals surface area contributed by atoms with Crippen LogP contribution in [0.2, 0.25) is 0 Å². The number of hydrogen-bond donors (Lipinski definition) is 0. The van der Waals surface area contributed by atoms with Gasteiger partial charge in [0.05, 0.1) is 10.7 Å². The van der Waals surface area contributed by atoms with Crippen LogP contribution in [0.25, 0.3) is 11.3 Å². The number of hydrogen-bond acceptors (Lipinski definition) is 2. The molecule has 2 aromatic rings. The van der Waals surface area contributed by atoms with E-state index in [-0.39, 0.29) is 0 Å². The van der Waals surface area contributed by atoms with Gasteiger partial charge in [0.2, 0.25) is 0 Å². The lowest BCUT2D eigenvalue weighted by atomic mass is 10.0. The molecule has 1 aromatic carbocycles. The summed E-state index contributed by atoms with van der Waals surface area (Å²) in [6.07, 6.45) is 8.19. The molecule has 1 saturated carbocycles. The van der Waals surface area contributed by atoms with Gasteiger partial charge in [-0.3, -0.25) is 0 Å². The summed E-state index contributed by atoms with van der Waals surface area (Å²) in [4.78, 5) is 6.33. The van der Waals surface area contributed by atoms with Gasteiger partial charge in [0.1, 0.15) is 0 Å². The van der Waals surface area contributed by atoms with Crippen LogP contribution in [0.5, 0.6) is 0 Å². The summed E-state index contributed by atoms with van der Waals surface area (Å²) in [7, 11) is 0. The van der Waals surface area contributed by atoms with E-state index in [1.165, 1.54) is 59.7 Å². The summed E-state index contributed by atoms with van der Waals surface area (Å²) in [6, 6.07) is 8.48. The lowest BCUT2D eigenvalue weighted by Gasteiger charge is -2.09. The molecule has 1 aromatic heterocycles. The minimum atomic E-state index is 0.696. The smallest absolute Gasteiger partial charge is 0.0966 e. The molecule has 0 bridgehead atoms. The maximum absolute atomic E-state index is 4.98. The van der Waals surface area contributed by atoms with Gasteiger partial charge < -0.3 is 0 Å². The number of benzene rings is 1. The van der Waals surface area contributed by atoms with Crippen molar-refractivity contribution < 1.29 is 0 Å².